The third-order valence-electron chi connectivity index (χ3n) is 3.05. The Labute approximate surface area is 122 Å². The van der Waals surface area contributed by atoms with Gasteiger partial charge in [0, 0.05) is 25.2 Å². The number of ether oxygens (including phenoxy) is 1. The molecule has 6 nitrogen and oxygen atoms in total. The lowest BCUT2D eigenvalue weighted by Gasteiger charge is -2.22. The van der Waals surface area contributed by atoms with Crippen molar-refractivity contribution in [2.45, 2.75) is 6.04 Å². The lowest BCUT2D eigenvalue weighted by molar-refractivity contribution is -0.125. The summed E-state index contributed by atoms with van der Waals surface area (Å²) in [6.07, 6.45) is 0. The SMILES string of the molecule is O=C(NCCNC(=O)C1COCCN1)c1ccc(F)cc1. The van der Waals surface area contributed by atoms with Gasteiger partial charge in [0.05, 0.1) is 13.2 Å². The highest BCUT2D eigenvalue weighted by atomic mass is 19.1. The summed E-state index contributed by atoms with van der Waals surface area (Å²) < 4.78 is 17.9. The number of rotatable bonds is 5. The van der Waals surface area contributed by atoms with Crippen LogP contribution in [0.2, 0.25) is 0 Å². The van der Waals surface area contributed by atoms with E-state index in [9.17, 15) is 14.0 Å². The zero-order valence-corrected chi connectivity index (χ0v) is 11.5. The van der Waals surface area contributed by atoms with E-state index in [4.69, 9.17) is 4.74 Å². The second kappa shape index (κ2) is 7.70. The normalized spacial score (nSPS) is 18.0. The van der Waals surface area contributed by atoms with Crippen molar-refractivity contribution < 1.29 is 18.7 Å². The number of morpholine rings is 1. The zero-order chi connectivity index (χ0) is 15.1. The van der Waals surface area contributed by atoms with Crippen LogP contribution in [0.15, 0.2) is 24.3 Å². The highest BCUT2D eigenvalue weighted by Crippen LogP contribution is 2.02. The molecule has 1 aromatic rings. The van der Waals surface area contributed by atoms with Crippen LogP contribution in [0.4, 0.5) is 4.39 Å². The van der Waals surface area contributed by atoms with Crippen molar-refractivity contribution in [3.8, 4) is 0 Å². The van der Waals surface area contributed by atoms with Gasteiger partial charge >= 0.3 is 0 Å². The number of hydrogen-bond donors (Lipinski definition) is 3. The number of carbonyl (C=O) groups excluding carboxylic acids is 2. The Morgan fingerprint density at radius 2 is 1.95 bits per heavy atom. The van der Waals surface area contributed by atoms with Gasteiger partial charge in [0.1, 0.15) is 11.9 Å². The van der Waals surface area contributed by atoms with Crippen molar-refractivity contribution in [2.75, 3.05) is 32.8 Å². The third kappa shape index (κ3) is 4.80. The molecule has 1 fully saturated rings. The van der Waals surface area contributed by atoms with E-state index in [1.54, 1.807) is 0 Å². The number of nitrogens with one attached hydrogen (secondary N) is 3. The maximum absolute atomic E-state index is 12.7. The van der Waals surface area contributed by atoms with Crippen molar-refractivity contribution >= 4 is 11.8 Å². The summed E-state index contributed by atoms with van der Waals surface area (Å²) in [7, 11) is 0. The molecule has 2 amide bonds. The monoisotopic (exact) mass is 295 g/mol. The standard InChI is InChI=1S/C14H18FN3O3/c15-11-3-1-10(2-4-11)13(19)17-5-6-18-14(20)12-9-21-8-7-16-12/h1-4,12,16H,5-9H2,(H,17,19)(H,18,20). The van der Waals surface area contributed by atoms with Crippen LogP contribution in [0.3, 0.4) is 0 Å². The van der Waals surface area contributed by atoms with Gasteiger partial charge in [0.25, 0.3) is 5.91 Å². The molecule has 2 rings (SSSR count). The molecule has 1 aliphatic rings. The molecule has 1 aromatic carbocycles. The van der Waals surface area contributed by atoms with Crippen LogP contribution in [0.1, 0.15) is 10.4 Å². The summed E-state index contributed by atoms with van der Waals surface area (Å²) in [5, 5.41) is 8.40. The molecule has 7 heteroatoms. The molecule has 1 heterocycles. The number of halogens is 1. The molecule has 3 N–H and O–H groups in total. The first-order valence-corrected chi connectivity index (χ1v) is 6.79. The Morgan fingerprint density at radius 3 is 2.62 bits per heavy atom. The summed E-state index contributed by atoms with van der Waals surface area (Å²) in [6, 6.07) is 4.93. The average molecular weight is 295 g/mol. The largest absolute Gasteiger partial charge is 0.378 e. The lowest BCUT2D eigenvalue weighted by Crippen LogP contribution is -2.52. The summed E-state index contributed by atoms with van der Waals surface area (Å²) in [5.74, 6) is -0.838. The Bertz CT molecular complexity index is 487. The molecule has 1 aliphatic heterocycles. The molecular weight excluding hydrogens is 277 g/mol. The minimum Gasteiger partial charge on any atom is -0.378 e. The fraction of sp³-hybridized carbons (Fsp3) is 0.429. The number of amides is 2. The zero-order valence-electron chi connectivity index (χ0n) is 11.5. The highest BCUT2D eigenvalue weighted by molar-refractivity contribution is 5.94. The van der Waals surface area contributed by atoms with Crippen LogP contribution in [0.5, 0.6) is 0 Å². The molecule has 0 radical (unpaired) electrons. The van der Waals surface area contributed by atoms with E-state index in [-0.39, 0.29) is 23.7 Å². The third-order valence-corrected chi connectivity index (χ3v) is 3.05. The minimum absolute atomic E-state index is 0.147. The molecule has 0 spiro atoms. The quantitative estimate of drug-likeness (QED) is 0.649. The maximum atomic E-state index is 12.7. The van der Waals surface area contributed by atoms with Gasteiger partial charge in [0.2, 0.25) is 5.91 Å². The Balaban J connectivity index is 1.66. The molecule has 114 valence electrons. The Kier molecular flexibility index (Phi) is 5.65. The smallest absolute Gasteiger partial charge is 0.251 e. The molecule has 1 unspecified atom stereocenters. The molecule has 1 atom stereocenters. The molecule has 0 saturated carbocycles. The predicted octanol–water partition coefficient (Wildman–Crippen LogP) is -0.340. The predicted molar refractivity (Wildman–Crippen MR) is 74.4 cm³/mol. The summed E-state index contributed by atoms with van der Waals surface area (Å²) in [4.78, 5) is 23.5. The van der Waals surface area contributed by atoms with Gasteiger partial charge in [-0.1, -0.05) is 0 Å². The Hall–Kier alpha value is -1.99. The van der Waals surface area contributed by atoms with Gasteiger partial charge in [-0.2, -0.15) is 0 Å². The van der Waals surface area contributed by atoms with Crippen molar-refractivity contribution in [3.63, 3.8) is 0 Å². The fourth-order valence-corrected chi connectivity index (χ4v) is 1.92. The van der Waals surface area contributed by atoms with Crippen LogP contribution in [0.25, 0.3) is 0 Å². The van der Waals surface area contributed by atoms with E-state index in [1.807, 2.05) is 0 Å². The van der Waals surface area contributed by atoms with Crippen molar-refractivity contribution in [3.05, 3.63) is 35.6 Å². The second-order valence-corrected chi connectivity index (χ2v) is 4.64. The number of hydrogen-bond acceptors (Lipinski definition) is 4. The van der Waals surface area contributed by atoms with Gasteiger partial charge < -0.3 is 20.7 Å². The summed E-state index contributed by atoms with van der Waals surface area (Å²) in [5.41, 5.74) is 0.380. The van der Waals surface area contributed by atoms with Gasteiger partial charge in [-0.25, -0.2) is 4.39 Å². The van der Waals surface area contributed by atoms with E-state index in [2.05, 4.69) is 16.0 Å². The first kappa shape index (κ1) is 15.4. The fourth-order valence-electron chi connectivity index (χ4n) is 1.92. The minimum atomic E-state index is -0.388. The number of carbonyl (C=O) groups is 2. The van der Waals surface area contributed by atoms with Crippen LogP contribution in [-0.2, 0) is 9.53 Å². The molecule has 1 saturated heterocycles. The van der Waals surface area contributed by atoms with E-state index in [1.165, 1.54) is 24.3 Å². The van der Waals surface area contributed by atoms with Gasteiger partial charge in [-0.05, 0) is 24.3 Å². The molecule has 0 aliphatic carbocycles. The maximum Gasteiger partial charge on any atom is 0.251 e. The lowest BCUT2D eigenvalue weighted by atomic mass is 10.2. The van der Waals surface area contributed by atoms with Gasteiger partial charge in [-0.15, -0.1) is 0 Å². The van der Waals surface area contributed by atoms with Crippen LogP contribution < -0.4 is 16.0 Å². The van der Waals surface area contributed by atoms with Gasteiger partial charge in [-0.3, -0.25) is 9.59 Å². The Morgan fingerprint density at radius 1 is 1.24 bits per heavy atom. The first-order chi connectivity index (χ1) is 10.2. The highest BCUT2D eigenvalue weighted by Gasteiger charge is 2.20. The van der Waals surface area contributed by atoms with Crippen molar-refractivity contribution in [1.29, 1.82) is 0 Å². The first-order valence-electron chi connectivity index (χ1n) is 6.79. The topological polar surface area (TPSA) is 79.5 Å². The molecular formula is C14H18FN3O3. The van der Waals surface area contributed by atoms with E-state index in [0.29, 0.717) is 38.4 Å². The molecule has 0 bridgehead atoms. The van der Waals surface area contributed by atoms with Crippen LogP contribution in [-0.4, -0.2) is 50.7 Å². The summed E-state index contributed by atoms with van der Waals surface area (Å²) in [6.45, 7) is 2.24. The molecule has 0 aromatic heterocycles. The van der Waals surface area contributed by atoms with E-state index in [0.717, 1.165) is 0 Å². The van der Waals surface area contributed by atoms with Crippen LogP contribution >= 0.6 is 0 Å². The second-order valence-electron chi connectivity index (χ2n) is 4.64. The van der Waals surface area contributed by atoms with Crippen LogP contribution in [0, 0.1) is 5.82 Å². The van der Waals surface area contributed by atoms with E-state index < -0.39 is 0 Å². The van der Waals surface area contributed by atoms with Crippen molar-refractivity contribution in [2.24, 2.45) is 0 Å². The van der Waals surface area contributed by atoms with Gasteiger partial charge in [0.15, 0.2) is 0 Å². The van der Waals surface area contributed by atoms with Crippen molar-refractivity contribution in [1.82, 2.24) is 16.0 Å². The summed E-state index contributed by atoms with van der Waals surface area (Å²) >= 11 is 0. The molecule has 21 heavy (non-hydrogen) atoms. The van der Waals surface area contributed by atoms with E-state index >= 15 is 0 Å². The number of benzene rings is 1. The average Bonchev–Trinajstić information content (AvgIpc) is 2.52.